The summed E-state index contributed by atoms with van der Waals surface area (Å²) in [5, 5.41) is 2.57. The molecule has 1 saturated heterocycles. The minimum Gasteiger partial charge on any atom is -0.498 e. The highest BCUT2D eigenvalue weighted by Gasteiger charge is 2.36. The third-order valence-corrected chi connectivity index (χ3v) is 6.53. The number of para-hydroxylation sites is 1. The van der Waals surface area contributed by atoms with Crippen LogP contribution in [0, 0.1) is 0 Å². The fourth-order valence-electron chi connectivity index (χ4n) is 4.55. The van der Waals surface area contributed by atoms with Crippen molar-refractivity contribution in [3.63, 3.8) is 0 Å². The molecule has 0 bridgehead atoms. The van der Waals surface area contributed by atoms with Crippen LogP contribution in [0.25, 0.3) is 0 Å². The molecule has 14 heteroatoms. The number of hydrogen-bond donors (Lipinski definition) is 1. The molecule has 3 aromatic rings. The molecular weight excluding hydrogens is 543 g/mol. The normalized spacial score (nSPS) is 17.6. The Morgan fingerprint density at radius 2 is 1.70 bits per heavy atom. The van der Waals surface area contributed by atoms with Crippen molar-refractivity contribution in [3.05, 3.63) is 88.6 Å². The summed E-state index contributed by atoms with van der Waals surface area (Å²) in [7, 11) is 5.58. The second kappa shape index (κ2) is 11.9. The van der Waals surface area contributed by atoms with Crippen LogP contribution in [0.2, 0.25) is 5.02 Å². The van der Waals surface area contributed by atoms with Gasteiger partial charge < -0.3 is 19.7 Å². The maximum Gasteiger partial charge on any atom is 0.573 e. The molecule has 2 heterocycles. The molecule has 0 spiro atoms. The second-order valence-electron chi connectivity index (χ2n) is 10.4. The van der Waals surface area contributed by atoms with E-state index in [0.29, 0.717) is 18.5 Å². The van der Waals surface area contributed by atoms with Crippen molar-refractivity contribution in [2.24, 2.45) is 0 Å². The lowest BCUT2D eigenvalue weighted by Gasteiger charge is -2.39. The van der Waals surface area contributed by atoms with E-state index in [4.69, 9.17) is 16.3 Å². The van der Waals surface area contributed by atoms with E-state index in [-0.39, 0.29) is 34.8 Å². The Morgan fingerprint density at radius 1 is 1.02 bits per heavy atom. The van der Waals surface area contributed by atoms with Gasteiger partial charge in [0, 0.05) is 36.5 Å². The predicted octanol–water partition coefficient (Wildman–Crippen LogP) is 1.95. The van der Waals surface area contributed by atoms with Crippen LogP contribution in [0.1, 0.15) is 38.6 Å². The van der Waals surface area contributed by atoms with E-state index in [9.17, 15) is 22.8 Å². The number of likely N-dealkylation sites (tertiary alicyclic amines) is 1. The minimum atomic E-state index is -4.94. The average Bonchev–Trinajstić information content (AvgIpc) is 2.89. The maximum absolute atomic E-state index is 13.4. The van der Waals surface area contributed by atoms with Gasteiger partial charge >= 0.3 is 6.36 Å². The van der Waals surface area contributed by atoms with Crippen LogP contribution in [0.5, 0.6) is 11.6 Å². The number of amides is 2. The number of halogens is 4. The van der Waals surface area contributed by atoms with E-state index >= 15 is 0 Å². The van der Waals surface area contributed by atoms with Crippen molar-refractivity contribution in [2.45, 2.75) is 30.0 Å². The first-order chi connectivity index (χ1) is 18.8. The average molecular weight is 569 g/mol. The summed E-state index contributed by atoms with van der Waals surface area (Å²) >= 11 is 6.35. The summed E-state index contributed by atoms with van der Waals surface area (Å²) in [6.07, 6.45) is -3.16. The van der Waals surface area contributed by atoms with E-state index in [1.165, 1.54) is 30.5 Å². The fraction of sp³-hybridized carbons (Fsp3) is 0.269. The smallest absolute Gasteiger partial charge is 0.498 e. The first-order valence-electron chi connectivity index (χ1n) is 12.6. The van der Waals surface area contributed by atoms with Crippen LogP contribution in [0.4, 0.5) is 13.2 Å². The van der Waals surface area contributed by atoms with Gasteiger partial charge in [0.15, 0.2) is 0 Å². The Kier molecular flexibility index (Phi) is 8.73. The molecule has 206 valence electrons. The summed E-state index contributed by atoms with van der Waals surface area (Å²) in [5.41, 5.74) is 0.928. The minimum absolute atomic E-state index is 0.210. The van der Waals surface area contributed by atoms with E-state index in [2.05, 4.69) is 15.0 Å². The Balaban J connectivity index is 1.54. The molecule has 2 aromatic carbocycles. The molecule has 0 saturated carbocycles. The molecular formula is C26H26B3ClF3N3O4. The standard InChI is InChI=1S/C26H26B3ClF3N3O4/c27-25(28,29)40-23-19(30)12-16(13-34-23)24(38)36-11-10-20(18(14-36)15-6-2-1-3-7-15)35-22(37)17-8-4-5-9-21(17)39-26(31,32)33/h1-9,12-13,18,20H,10-11,14,27-29H2,(H,35,37)/t18-,20-/m1/s1. The molecule has 1 aromatic heterocycles. The Hall–Kier alpha value is -3.60. The highest BCUT2D eigenvalue weighted by molar-refractivity contribution is 6.58. The van der Waals surface area contributed by atoms with Gasteiger partial charge in [-0.2, -0.15) is 0 Å². The van der Waals surface area contributed by atoms with Crippen molar-refractivity contribution in [1.29, 1.82) is 0 Å². The number of carbonyl (C=O) groups is 2. The Morgan fingerprint density at radius 3 is 2.35 bits per heavy atom. The molecule has 7 nitrogen and oxygen atoms in total. The molecule has 1 N–H and O–H groups in total. The maximum atomic E-state index is 13.4. The number of carbonyl (C=O) groups excluding carboxylic acids is 2. The number of nitrogens with one attached hydrogen (secondary N) is 1. The zero-order valence-corrected chi connectivity index (χ0v) is 22.9. The molecule has 2 amide bonds. The largest absolute Gasteiger partial charge is 0.573 e. The van der Waals surface area contributed by atoms with Crippen molar-refractivity contribution in [3.8, 4) is 11.6 Å². The van der Waals surface area contributed by atoms with Gasteiger partial charge in [-0.15, -0.1) is 13.2 Å². The zero-order chi connectivity index (χ0) is 29.1. The topological polar surface area (TPSA) is 80.8 Å². The highest BCUT2D eigenvalue weighted by Crippen LogP contribution is 2.31. The SMILES string of the molecule is BC(B)(B)Oc1ncc(C(=O)N2CC[C@@H](NC(=O)c3ccccc3OC(F)(F)F)[C@@H](c3ccccc3)C2)cc1Cl. The van der Waals surface area contributed by atoms with E-state index in [0.717, 1.165) is 11.6 Å². The van der Waals surface area contributed by atoms with Crippen molar-refractivity contribution >= 4 is 47.0 Å². The lowest BCUT2D eigenvalue weighted by molar-refractivity contribution is -0.274. The number of alkyl halides is 3. The number of aromatic nitrogens is 1. The number of pyridine rings is 1. The van der Waals surface area contributed by atoms with Crippen LogP contribution in [0.15, 0.2) is 66.9 Å². The number of benzene rings is 2. The van der Waals surface area contributed by atoms with Crippen LogP contribution in [0.3, 0.4) is 0 Å². The van der Waals surface area contributed by atoms with Crippen LogP contribution < -0.4 is 14.8 Å². The molecule has 1 fully saturated rings. The van der Waals surface area contributed by atoms with Gasteiger partial charge in [0.2, 0.25) is 5.88 Å². The summed E-state index contributed by atoms with van der Waals surface area (Å²) in [6, 6.07) is 15.6. The van der Waals surface area contributed by atoms with Gasteiger partial charge in [-0.3, -0.25) is 9.59 Å². The summed E-state index contributed by atoms with van der Waals surface area (Å²) in [4.78, 5) is 32.4. The number of rotatable bonds is 7. The monoisotopic (exact) mass is 569 g/mol. The highest BCUT2D eigenvalue weighted by atomic mass is 35.5. The first-order valence-corrected chi connectivity index (χ1v) is 13.0. The van der Waals surface area contributed by atoms with Crippen LogP contribution in [-0.4, -0.2) is 76.0 Å². The fourth-order valence-corrected chi connectivity index (χ4v) is 4.76. The van der Waals surface area contributed by atoms with Crippen LogP contribution in [-0.2, 0) is 0 Å². The summed E-state index contributed by atoms with van der Waals surface area (Å²) in [5.74, 6) is -1.67. The van der Waals surface area contributed by atoms with Gasteiger partial charge in [-0.1, -0.05) is 54.1 Å². The first kappa shape index (κ1) is 29.4. The van der Waals surface area contributed by atoms with Gasteiger partial charge in [0.05, 0.1) is 11.1 Å². The molecule has 0 aliphatic carbocycles. The molecule has 4 rings (SSSR count). The molecule has 1 aliphatic rings. The van der Waals surface area contributed by atoms with E-state index in [1.54, 1.807) is 4.90 Å². The third kappa shape index (κ3) is 7.53. The molecule has 0 radical (unpaired) electrons. The molecule has 2 atom stereocenters. The van der Waals surface area contributed by atoms with Crippen LogP contribution >= 0.6 is 11.6 Å². The molecule has 0 unspecified atom stereocenters. The Labute approximate surface area is 237 Å². The lowest BCUT2D eigenvalue weighted by Crippen LogP contribution is -2.51. The van der Waals surface area contributed by atoms with Crippen molar-refractivity contribution in [1.82, 2.24) is 15.2 Å². The Bertz CT molecular complexity index is 1380. The summed E-state index contributed by atoms with van der Waals surface area (Å²) in [6.45, 7) is 0.554. The molecule has 40 heavy (non-hydrogen) atoms. The third-order valence-electron chi connectivity index (χ3n) is 6.26. The summed E-state index contributed by atoms with van der Waals surface area (Å²) < 4.78 is 48.5. The van der Waals surface area contributed by atoms with Crippen molar-refractivity contribution < 1.29 is 32.2 Å². The second-order valence-corrected chi connectivity index (χ2v) is 10.8. The number of piperidine rings is 1. The van der Waals surface area contributed by atoms with Gasteiger partial charge in [-0.05, 0) is 30.2 Å². The quantitative estimate of drug-likeness (QED) is 0.441. The van der Waals surface area contributed by atoms with Gasteiger partial charge in [0.25, 0.3) is 11.8 Å². The molecule has 1 aliphatic heterocycles. The number of ether oxygens (including phenoxy) is 2. The van der Waals surface area contributed by atoms with E-state index < -0.39 is 29.4 Å². The number of nitrogens with zero attached hydrogens (tertiary/aromatic N) is 2. The zero-order valence-electron chi connectivity index (χ0n) is 22.2. The van der Waals surface area contributed by atoms with E-state index in [1.807, 2.05) is 53.9 Å². The van der Waals surface area contributed by atoms with Gasteiger partial charge in [-0.25, -0.2) is 4.98 Å². The predicted molar refractivity (Wildman–Crippen MR) is 152 cm³/mol. The van der Waals surface area contributed by atoms with Gasteiger partial charge in [0.1, 0.15) is 34.3 Å². The lowest BCUT2D eigenvalue weighted by atomic mass is 9.52. The van der Waals surface area contributed by atoms with Crippen molar-refractivity contribution in [2.75, 3.05) is 13.1 Å². The number of hydrogen-bond acceptors (Lipinski definition) is 5.